The van der Waals surface area contributed by atoms with E-state index in [0.717, 1.165) is 39.0 Å². The summed E-state index contributed by atoms with van der Waals surface area (Å²) < 4.78 is 0. The number of nitrogens with zero attached hydrogens (tertiary/aromatic N) is 1. The molecule has 1 amide bonds. The Morgan fingerprint density at radius 3 is 2.38 bits per heavy atom. The first-order valence-corrected chi connectivity index (χ1v) is 9.96. The summed E-state index contributed by atoms with van der Waals surface area (Å²) in [5.74, 6) is 0.692. The normalized spacial score (nSPS) is 25.3. The number of hydrogen-bond acceptors (Lipinski definition) is 1. The average Bonchev–Trinajstić information content (AvgIpc) is 2.91. The third-order valence-electron chi connectivity index (χ3n) is 5.77. The van der Waals surface area contributed by atoms with E-state index in [0.29, 0.717) is 5.91 Å². The van der Waals surface area contributed by atoms with Gasteiger partial charge < -0.3 is 9.80 Å². The SMILES string of the molecule is CCc1ccc(C[NH+]2CCCC(C(=O)N3CCCCCC3)C2)cc1. The number of benzene rings is 1. The molecule has 1 aromatic rings. The second-order valence-corrected chi connectivity index (χ2v) is 7.63. The minimum absolute atomic E-state index is 0.252. The molecule has 2 aliphatic rings. The van der Waals surface area contributed by atoms with E-state index in [2.05, 4.69) is 36.1 Å². The highest BCUT2D eigenvalue weighted by molar-refractivity contribution is 5.79. The first-order chi connectivity index (χ1) is 11.8. The van der Waals surface area contributed by atoms with Gasteiger partial charge in [-0.15, -0.1) is 0 Å². The summed E-state index contributed by atoms with van der Waals surface area (Å²) >= 11 is 0. The van der Waals surface area contributed by atoms with Crippen molar-refractivity contribution in [2.75, 3.05) is 26.2 Å². The van der Waals surface area contributed by atoms with Crippen LogP contribution in [0.1, 0.15) is 56.6 Å². The molecule has 2 heterocycles. The van der Waals surface area contributed by atoms with Crippen molar-refractivity contribution in [2.45, 2.75) is 58.4 Å². The molecule has 0 aliphatic carbocycles. The highest BCUT2D eigenvalue weighted by Crippen LogP contribution is 2.16. The van der Waals surface area contributed by atoms with Gasteiger partial charge >= 0.3 is 0 Å². The van der Waals surface area contributed by atoms with Crippen molar-refractivity contribution in [3.63, 3.8) is 0 Å². The van der Waals surface area contributed by atoms with Crippen LogP contribution < -0.4 is 4.90 Å². The number of hydrogen-bond donors (Lipinski definition) is 1. The zero-order chi connectivity index (χ0) is 16.8. The molecule has 2 unspecified atom stereocenters. The van der Waals surface area contributed by atoms with Gasteiger partial charge in [-0.25, -0.2) is 0 Å². The van der Waals surface area contributed by atoms with E-state index < -0.39 is 0 Å². The fourth-order valence-electron chi connectivity index (χ4n) is 4.25. The lowest BCUT2D eigenvalue weighted by Crippen LogP contribution is -3.12. The number of carbonyl (C=O) groups is 1. The average molecular weight is 330 g/mol. The van der Waals surface area contributed by atoms with Crippen LogP contribution >= 0.6 is 0 Å². The van der Waals surface area contributed by atoms with Gasteiger partial charge in [-0.1, -0.05) is 44.0 Å². The number of carbonyl (C=O) groups excluding carboxylic acids is 1. The van der Waals surface area contributed by atoms with Crippen LogP contribution in [0.2, 0.25) is 0 Å². The van der Waals surface area contributed by atoms with E-state index in [9.17, 15) is 4.79 Å². The summed E-state index contributed by atoms with van der Waals surface area (Å²) in [6, 6.07) is 9.04. The molecule has 2 atom stereocenters. The number of amides is 1. The highest BCUT2D eigenvalue weighted by atomic mass is 16.2. The summed E-state index contributed by atoms with van der Waals surface area (Å²) in [4.78, 5) is 16.6. The molecule has 0 radical (unpaired) electrons. The molecule has 1 N–H and O–H groups in total. The second kappa shape index (κ2) is 8.66. The maximum Gasteiger partial charge on any atom is 0.231 e. The van der Waals surface area contributed by atoms with Crippen LogP contribution in [0, 0.1) is 5.92 Å². The zero-order valence-electron chi connectivity index (χ0n) is 15.2. The van der Waals surface area contributed by atoms with Gasteiger partial charge in [-0.05, 0) is 37.7 Å². The summed E-state index contributed by atoms with van der Waals surface area (Å²) in [6.07, 6.45) is 8.35. The topological polar surface area (TPSA) is 24.8 Å². The minimum Gasteiger partial charge on any atom is -0.342 e. The third-order valence-corrected chi connectivity index (χ3v) is 5.77. The van der Waals surface area contributed by atoms with Gasteiger partial charge in [-0.3, -0.25) is 4.79 Å². The van der Waals surface area contributed by atoms with Gasteiger partial charge in [0.25, 0.3) is 0 Å². The third kappa shape index (κ3) is 4.60. The number of quaternary nitrogens is 1. The van der Waals surface area contributed by atoms with Crippen LogP contribution in [0.4, 0.5) is 0 Å². The van der Waals surface area contributed by atoms with Crippen molar-refractivity contribution < 1.29 is 9.69 Å². The van der Waals surface area contributed by atoms with E-state index in [1.807, 2.05) is 0 Å². The molecular formula is C21H33N2O+. The standard InChI is InChI=1S/C21H32N2O/c1-2-18-9-11-19(12-10-18)16-22-13-7-8-20(17-22)21(24)23-14-5-3-4-6-15-23/h9-12,20H,2-8,13-17H2,1H3/p+1. The molecule has 2 aliphatic heterocycles. The molecule has 3 heteroatoms. The van der Waals surface area contributed by atoms with Gasteiger partial charge in [0.2, 0.25) is 5.91 Å². The van der Waals surface area contributed by atoms with Crippen molar-refractivity contribution in [3.05, 3.63) is 35.4 Å². The van der Waals surface area contributed by atoms with Crippen LogP contribution in [-0.2, 0) is 17.8 Å². The Bertz CT molecular complexity index is 517. The highest BCUT2D eigenvalue weighted by Gasteiger charge is 2.31. The Balaban J connectivity index is 1.55. The molecule has 0 bridgehead atoms. The van der Waals surface area contributed by atoms with Crippen molar-refractivity contribution in [2.24, 2.45) is 5.92 Å². The molecule has 2 saturated heterocycles. The number of nitrogens with one attached hydrogen (secondary N) is 1. The Morgan fingerprint density at radius 2 is 1.71 bits per heavy atom. The number of likely N-dealkylation sites (tertiary alicyclic amines) is 2. The second-order valence-electron chi connectivity index (χ2n) is 7.63. The van der Waals surface area contributed by atoms with Crippen LogP contribution in [0.3, 0.4) is 0 Å². The lowest BCUT2D eigenvalue weighted by molar-refractivity contribution is -0.921. The molecule has 2 fully saturated rings. The minimum atomic E-state index is 0.252. The van der Waals surface area contributed by atoms with Crippen LogP contribution in [0.25, 0.3) is 0 Å². The van der Waals surface area contributed by atoms with Crippen molar-refractivity contribution in [1.29, 1.82) is 0 Å². The molecule has 3 nitrogen and oxygen atoms in total. The van der Waals surface area contributed by atoms with E-state index in [1.54, 1.807) is 4.90 Å². The molecular weight excluding hydrogens is 296 g/mol. The molecule has 0 aromatic heterocycles. The first-order valence-electron chi connectivity index (χ1n) is 9.96. The molecule has 24 heavy (non-hydrogen) atoms. The van der Waals surface area contributed by atoms with Crippen molar-refractivity contribution in [1.82, 2.24) is 4.90 Å². The fourth-order valence-corrected chi connectivity index (χ4v) is 4.25. The summed E-state index contributed by atoms with van der Waals surface area (Å²) in [5, 5.41) is 0. The van der Waals surface area contributed by atoms with Gasteiger partial charge in [0.05, 0.1) is 19.0 Å². The maximum atomic E-state index is 12.9. The molecule has 0 spiro atoms. The fraction of sp³-hybridized carbons (Fsp3) is 0.667. The smallest absolute Gasteiger partial charge is 0.231 e. The Kier molecular flexibility index (Phi) is 6.30. The molecule has 1 aromatic carbocycles. The maximum absolute atomic E-state index is 12.9. The van der Waals surface area contributed by atoms with Crippen LogP contribution in [-0.4, -0.2) is 37.0 Å². The van der Waals surface area contributed by atoms with Crippen molar-refractivity contribution in [3.8, 4) is 0 Å². The van der Waals surface area contributed by atoms with Crippen LogP contribution in [0.15, 0.2) is 24.3 Å². The molecule has 132 valence electrons. The van der Waals surface area contributed by atoms with Crippen LogP contribution in [0.5, 0.6) is 0 Å². The first kappa shape index (κ1) is 17.5. The largest absolute Gasteiger partial charge is 0.342 e. The lowest BCUT2D eigenvalue weighted by atomic mass is 9.95. The van der Waals surface area contributed by atoms with Gasteiger partial charge in [0.15, 0.2) is 0 Å². The zero-order valence-corrected chi connectivity index (χ0v) is 15.2. The van der Waals surface area contributed by atoms with E-state index in [-0.39, 0.29) is 5.92 Å². The van der Waals surface area contributed by atoms with E-state index in [1.165, 1.54) is 49.8 Å². The summed E-state index contributed by atoms with van der Waals surface area (Å²) in [5.41, 5.74) is 2.81. The quantitative estimate of drug-likeness (QED) is 0.902. The predicted molar refractivity (Wildman–Crippen MR) is 98.0 cm³/mol. The number of aryl methyl sites for hydroxylation is 1. The lowest BCUT2D eigenvalue weighted by Gasteiger charge is -2.32. The van der Waals surface area contributed by atoms with Crippen molar-refractivity contribution >= 4 is 5.91 Å². The van der Waals surface area contributed by atoms with Gasteiger partial charge in [-0.2, -0.15) is 0 Å². The van der Waals surface area contributed by atoms with E-state index >= 15 is 0 Å². The molecule has 3 rings (SSSR count). The Hall–Kier alpha value is -1.35. The van der Waals surface area contributed by atoms with E-state index in [4.69, 9.17) is 0 Å². The number of piperidine rings is 1. The predicted octanol–water partition coefficient (Wildman–Crippen LogP) is 2.45. The molecule has 0 saturated carbocycles. The summed E-state index contributed by atoms with van der Waals surface area (Å²) in [7, 11) is 0. The monoisotopic (exact) mass is 329 g/mol. The Morgan fingerprint density at radius 1 is 1.04 bits per heavy atom. The Labute approximate surface area is 147 Å². The van der Waals surface area contributed by atoms with Gasteiger partial charge in [0.1, 0.15) is 6.54 Å². The van der Waals surface area contributed by atoms with Gasteiger partial charge in [0, 0.05) is 18.7 Å². The summed E-state index contributed by atoms with van der Waals surface area (Å²) in [6.45, 7) is 7.47. The number of rotatable bonds is 4.